The Morgan fingerprint density at radius 1 is 1.22 bits per heavy atom. The van der Waals surface area contributed by atoms with Gasteiger partial charge in [0.1, 0.15) is 5.82 Å². The number of carbonyl (C=O) groups excluding carboxylic acids is 1. The third-order valence-electron chi connectivity index (χ3n) is 4.40. The minimum atomic E-state index is -3.72. The van der Waals surface area contributed by atoms with E-state index in [1.807, 2.05) is 0 Å². The molecule has 3 rings (SSSR count). The Balaban J connectivity index is 1.73. The van der Waals surface area contributed by atoms with Crippen molar-refractivity contribution in [3.63, 3.8) is 0 Å². The molecule has 0 spiro atoms. The highest BCUT2D eigenvalue weighted by molar-refractivity contribution is 9.10. The Kier molecular flexibility index (Phi) is 6.20. The monoisotopic (exact) mass is 474 g/mol. The lowest BCUT2D eigenvalue weighted by atomic mass is 9.98. The molecule has 2 aromatic rings. The fraction of sp³-hybridized carbons (Fsp3) is 0.278. The van der Waals surface area contributed by atoms with Gasteiger partial charge in [-0.2, -0.15) is 4.31 Å². The number of sulfonamides is 1. The zero-order chi connectivity index (χ0) is 19.6. The molecule has 0 unspecified atom stereocenters. The van der Waals surface area contributed by atoms with E-state index in [9.17, 15) is 17.6 Å². The number of benzene rings is 2. The molecule has 1 aliphatic rings. The molecule has 0 aromatic heterocycles. The van der Waals surface area contributed by atoms with Gasteiger partial charge < -0.3 is 5.32 Å². The molecule has 5 nitrogen and oxygen atoms in total. The van der Waals surface area contributed by atoms with Crippen LogP contribution in [0.1, 0.15) is 12.8 Å². The quantitative estimate of drug-likeness (QED) is 0.718. The van der Waals surface area contributed by atoms with Crippen LogP contribution in [0.3, 0.4) is 0 Å². The van der Waals surface area contributed by atoms with Crippen molar-refractivity contribution in [1.82, 2.24) is 4.31 Å². The normalized spacial score (nSPS) is 18.3. The number of nitrogens with zero attached hydrogens (tertiary/aromatic N) is 1. The third-order valence-corrected chi connectivity index (χ3v) is 7.02. The first kappa shape index (κ1) is 20.3. The van der Waals surface area contributed by atoms with Gasteiger partial charge in [0.25, 0.3) is 0 Å². The second-order valence-electron chi connectivity index (χ2n) is 6.27. The summed E-state index contributed by atoms with van der Waals surface area (Å²) in [7, 11) is -3.72. The Morgan fingerprint density at radius 3 is 2.59 bits per heavy atom. The molecule has 1 saturated heterocycles. The number of anilines is 1. The maximum absolute atomic E-state index is 13.9. The first-order chi connectivity index (χ1) is 12.8. The van der Waals surface area contributed by atoms with Gasteiger partial charge in [-0.15, -0.1) is 0 Å². The molecule has 0 saturated carbocycles. The first-order valence-electron chi connectivity index (χ1n) is 8.29. The van der Waals surface area contributed by atoms with Crippen molar-refractivity contribution in [3.05, 3.63) is 57.8 Å². The van der Waals surface area contributed by atoms with Crippen LogP contribution in [-0.4, -0.2) is 31.7 Å². The van der Waals surface area contributed by atoms with E-state index in [2.05, 4.69) is 21.2 Å². The van der Waals surface area contributed by atoms with Crippen LogP contribution in [0.2, 0.25) is 5.02 Å². The summed E-state index contributed by atoms with van der Waals surface area (Å²) < 4.78 is 41.4. The molecule has 1 fully saturated rings. The summed E-state index contributed by atoms with van der Waals surface area (Å²) >= 11 is 8.98. The average Bonchev–Trinajstić information content (AvgIpc) is 2.64. The minimum Gasteiger partial charge on any atom is -0.323 e. The zero-order valence-electron chi connectivity index (χ0n) is 14.2. The van der Waals surface area contributed by atoms with Crippen LogP contribution in [-0.2, 0) is 14.8 Å². The van der Waals surface area contributed by atoms with Crippen LogP contribution in [0, 0.1) is 11.7 Å². The molecule has 1 atom stereocenters. The second kappa shape index (κ2) is 8.26. The number of hydrogen-bond acceptors (Lipinski definition) is 3. The van der Waals surface area contributed by atoms with Crippen LogP contribution in [0.15, 0.2) is 51.8 Å². The average molecular weight is 476 g/mol. The predicted octanol–water partition coefficient (Wildman–Crippen LogP) is 4.28. The van der Waals surface area contributed by atoms with E-state index in [4.69, 9.17) is 11.6 Å². The largest absolute Gasteiger partial charge is 0.323 e. The topological polar surface area (TPSA) is 66.5 Å². The van der Waals surface area contributed by atoms with Crippen molar-refractivity contribution < 1.29 is 17.6 Å². The molecule has 0 bridgehead atoms. The van der Waals surface area contributed by atoms with Gasteiger partial charge in [0.15, 0.2) is 0 Å². The lowest BCUT2D eigenvalue weighted by Gasteiger charge is -2.31. The fourth-order valence-corrected chi connectivity index (χ4v) is 4.94. The molecule has 9 heteroatoms. The fourth-order valence-electron chi connectivity index (χ4n) is 2.96. The Morgan fingerprint density at radius 2 is 1.93 bits per heavy atom. The van der Waals surface area contributed by atoms with E-state index in [1.165, 1.54) is 40.7 Å². The van der Waals surface area contributed by atoms with Gasteiger partial charge in [-0.25, -0.2) is 12.8 Å². The van der Waals surface area contributed by atoms with Gasteiger partial charge in [0, 0.05) is 22.6 Å². The standard InChI is InChI=1S/C18H17BrClFN2O3S/c19-13-3-8-17(16(21)10-13)22-18(24)12-2-1-9-23(11-12)27(25,26)15-6-4-14(20)5-7-15/h3-8,10,12H,1-2,9,11H2,(H,22,24)/t12-/m0/s1. The van der Waals surface area contributed by atoms with Crippen LogP contribution < -0.4 is 5.32 Å². The van der Waals surface area contributed by atoms with Crippen LogP contribution in [0.4, 0.5) is 10.1 Å². The Bertz CT molecular complexity index is 954. The van der Waals surface area contributed by atoms with Crippen LogP contribution in [0.25, 0.3) is 0 Å². The molecule has 27 heavy (non-hydrogen) atoms. The van der Waals surface area contributed by atoms with E-state index >= 15 is 0 Å². The summed E-state index contributed by atoms with van der Waals surface area (Å²) in [4.78, 5) is 12.7. The highest BCUT2D eigenvalue weighted by atomic mass is 79.9. The van der Waals surface area contributed by atoms with Crippen molar-refractivity contribution in [2.75, 3.05) is 18.4 Å². The smallest absolute Gasteiger partial charge is 0.243 e. The highest BCUT2D eigenvalue weighted by Crippen LogP contribution is 2.26. The van der Waals surface area contributed by atoms with Crippen LogP contribution in [0.5, 0.6) is 0 Å². The summed E-state index contributed by atoms with van der Waals surface area (Å²) in [6.07, 6.45) is 1.09. The molecule has 1 aliphatic heterocycles. The number of amides is 1. The molecule has 0 radical (unpaired) electrons. The number of rotatable bonds is 4. The van der Waals surface area contributed by atoms with Gasteiger partial charge in [-0.1, -0.05) is 27.5 Å². The number of nitrogens with one attached hydrogen (secondary N) is 1. The maximum Gasteiger partial charge on any atom is 0.243 e. The van der Waals surface area contributed by atoms with E-state index < -0.39 is 27.7 Å². The molecule has 1 heterocycles. The van der Waals surface area contributed by atoms with E-state index in [-0.39, 0.29) is 17.1 Å². The van der Waals surface area contributed by atoms with E-state index in [0.29, 0.717) is 28.9 Å². The Hall–Kier alpha value is -1.48. The molecular formula is C18H17BrClFN2O3S. The van der Waals surface area contributed by atoms with Gasteiger partial charge in [-0.05, 0) is 55.3 Å². The second-order valence-corrected chi connectivity index (χ2v) is 9.56. The third kappa shape index (κ3) is 4.68. The van der Waals surface area contributed by atoms with Gasteiger partial charge in [0.2, 0.25) is 15.9 Å². The van der Waals surface area contributed by atoms with Crippen molar-refractivity contribution in [2.45, 2.75) is 17.7 Å². The molecule has 1 N–H and O–H groups in total. The number of hydrogen-bond donors (Lipinski definition) is 1. The van der Waals surface area contributed by atoms with Gasteiger partial charge in [0.05, 0.1) is 16.5 Å². The van der Waals surface area contributed by atoms with Crippen molar-refractivity contribution in [3.8, 4) is 0 Å². The Labute approximate surface area is 170 Å². The predicted molar refractivity (Wildman–Crippen MR) is 106 cm³/mol. The van der Waals surface area contributed by atoms with Gasteiger partial charge in [-0.3, -0.25) is 4.79 Å². The molecule has 1 amide bonds. The van der Waals surface area contributed by atoms with Crippen molar-refractivity contribution in [1.29, 1.82) is 0 Å². The lowest BCUT2D eigenvalue weighted by Crippen LogP contribution is -2.43. The molecule has 144 valence electrons. The number of carbonyl (C=O) groups is 1. The first-order valence-corrected chi connectivity index (χ1v) is 10.9. The van der Waals surface area contributed by atoms with Gasteiger partial charge >= 0.3 is 0 Å². The summed E-state index contributed by atoms with van der Waals surface area (Å²) in [5, 5.41) is 3.00. The molecular weight excluding hydrogens is 459 g/mol. The summed E-state index contributed by atoms with van der Waals surface area (Å²) in [5.41, 5.74) is 0.0703. The molecule has 0 aliphatic carbocycles. The summed E-state index contributed by atoms with van der Waals surface area (Å²) in [5.74, 6) is -1.50. The van der Waals surface area contributed by atoms with Crippen molar-refractivity contribution in [2.24, 2.45) is 5.92 Å². The number of piperidine rings is 1. The maximum atomic E-state index is 13.9. The molecule has 2 aromatic carbocycles. The zero-order valence-corrected chi connectivity index (χ0v) is 17.3. The number of halogens is 3. The SMILES string of the molecule is O=C(Nc1ccc(Br)cc1F)[C@H]1CCCN(S(=O)(=O)c2ccc(Cl)cc2)C1. The summed E-state index contributed by atoms with van der Waals surface area (Å²) in [6, 6.07) is 10.3. The van der Waals surface area contributed by atoms with Crippen molar-refractivity contribution >= 4 is 49.1 Å². The summed E-state index contributed by atoms with van der Waals surface area (Å²) in [6.45, 7) is 0.385. The van der Waals surface area contributed by atoms with Crippen LogP contribution >= 0.6 is 27.5 Å². The highest BCUT2D eigenvalue weighted by Gasteiger charge is 2.33. The van der Waals surface area contributed by atoms with E-state index in [1.54, 1.807) is 6.07 Å². The minimum absolute atomic E-state index is 0.0505. The van der Waals surface area contributed by atoms with E-state index in [0.717, 1.165) is 0 Å². The lowest BCUT2D eigenvalue weighted by molar-refractivity contribution is -0.120.